The lowest BCUT2D eigenvalue weighted by Crippen LogP contribution is -2.48. The lowest BCUT2D eigenvalue weighted by molar-refractivity contribution is -0.133. The second-order valence-electron chi connectivity index (χ2n) is 6.27. The van der Waals surface area contributed by atoms with Crippen LogP contribution in [-0.4, -0.2) is 34.3 Å². The quantitative estimate of drug-likeness (QED) is 0.881. The van der Waals surface area contributed by atoms with E-state index in [9.17, 15) is 9.59 Å². The summed E-state index contributed by atoms with van der Waals surface area (Å²) in [6.45, 7) is 2.40. The monoisotopic (exact) mass is 323 g/mol. The molecule has 1 aliphatic heterocycles. The van der Waals surface area contributed by atoms with Gasteiger partial charge in [0.25, 0.3) is 0 Å². The van der Waals surface area contributed by atoms with Crippen LogP contribution in [0.3, 0.4) is 0 Å². The standard InChI is InChI=1S/C19H21N3O2/c1-13-7-8-16(19(20)24)12-22(13)17(23)10-9-15-5-2-4-14-6-3-11-21-18(14)15/h2-6,9-11,13,16H,7-8,12H2,1H3,(H2,20,24)/b10-9-/t13-,16-/m1/s1. The van der Waals surface area contributed by atoms with Gasteiger partial charge in [0.05, 0.1) is 11.4 Å². The zero-order valence-electron chi connectivity index (χ0n) is 13.7. The van der Waals surface area contributed by atoms with E-state index in [0.29, 0.717) is 6.54 Å². The van der Waals surface area contributed by atoms with Crippen molar-refractivity contribution in [1.82, 2.24) is 9.88 Å². The number of primary amides is 1. The van der Waals surface area contributed by atoms with Crippen LogP contribution in [0.5, 0.6) is 0 Å². The number of nitrogens with zero attached hydrogens (tertiary/aromatic N) is 2. The maximum atomic E-state index is 12.6. The van der Waals surface area contributed by atoms with E-state index in [1.165, 1.54) is 0 Å². The third kappa shape index (κ3) is 3.30. The zero-order chi connectivity index (χ0) is 17.1. The summed E-state index contributed by atoms with van der Waals surface area (Å²) in [7, 11) is 0. The van der Waals surface area contributed by atoms with E-state index in [2.05, 4.69) is 4.98 Å². The molecule has 0 radical (unpaired) electrons. The van der Waals surface area contributed by atoms with Crippen molar-refractivity contribution in [3.63, 3.8) is 0 Å². The number of para-hydroxylation sites is 1. The van der Waals surface area contributed by atoms with Gasteiger partial charge in [0.15, 0.2) is 0 Å². The highest BCUT2D eigenvalue weighted by Crippen LogP contribution is 2.23. The molecule has 1 aromatic heterocycles. The largest absolute Gasteiger partial charge is 0.369 e. The Morgan fingerprint density at radius 1 is 1.25 bits per heavy atom. The van der Waals surface area contributed by atoms with Gasteiger partial charge in [-0.3, -0.25) is 14.6 Å². The highest BCUT2D eigenvalue weighted by molar-refractivity contribution is 5.95. The minimum atomic E-state index is -0.332. The lowest BCUT2D eigenvalue weighted by atomic mass is 9.93. The molecule has 1 fully saturated rings. The molecule has 2 atom stereocenters. The molecule has 2 aromatic rings. The third-order valence-electron chi connectivity index (χ3n) is 4.64. The van der Waals surface area contributed by atoms with Gasteiger partial charge < -0.3 is 10.6 Å². The predicted octanol–water partition coefficient (Wildman–Crippen LogP) is 2.36. The van der Waals surface area contributed by atoms with E-state index in [1.807, 2.05) is 37.3 Å². The van der Waals surface area contributed by atoms with Gasteiger partial charge in [-0.1, -0.05) is 24.3 Å². The van der Waals surface area contributed by atoms with Crippen molar-refractivity contribution >= 4 is 28.8 Å². The number of hydrogen-bond donors (Lipinski definition) is 1. The van der Waals surface area contributed by atoms with Crippen molar-refractivity contribution < 1.29 is 9.59 Å². The van der Waals surface area contributed by atoms with Crippen molar-refractivity contribution in [2.45, 2.75) is 25.8 Å². The highest BCUT2D eigenvalue weighted by Gasteiger charge is 2.30. The van der Waals surface area contributed by atoms with Crippen molar-refractivity contribution in [1.29, 1.82) is 0 Å². The number of hydrogen-bond acceptors (Lipinski definition) is 3. The molecule has 0 bridgehead atoms. The first-order chi connectivity index (χ1) is 11.6. The molecule has 2 amide bonds. The van der Waals surface area contributed by atoms with Crippen LogP contribution >= 0.6 is 0 Å². The van der Waals surface area contributed by atoms with Crippen molar-refractivity contribution in [3.05, 3.63) is 48.2 Å². The Morgan fingerprint density at radius 2 is 2.04 bits per heavy atom. The van der Waals surface area contributed by atoms with Gasteiger partial charge in [0, 0.05) is 35.8 Å². The van der Waals surface area contributed by atoms with Gasteiger partial charge in [-0.25, -0.2) is 0 Å². The SMILES string of the molecule is C[C@@H]1CC[C@@H](C(N)=O)CN1C(=O)/C=C\c1cccc2cccnc12. The van der Waals surface area contributed by atoms with Gasteiger partial charge in [0.2, 0.25) is 11.8 Å². The molecule has 0 aliphatic carbocycles. The van der Waals surface area contributed by atoms with Gasteiger partial charge in [-0.05, 0) is 31.9 Å². The summed E-state index contributed by atoms with van der Waals surface area (Å²) in [5, 5.41) is 1.03. The maximum Gasteiger partial charge on any atom is 0.246 e. The molecular weight excluding hydrogens is 302 g/mol. The number of amides is 2. The number of likely N-dealkylation sites (tertiary alicyclic amines) is 1. The first kappa shape index (κ1) is 16.2. The number of piperidine rings is 1. The van der Waals surface area contributed by atoms with Crippen LogP contribution in [0.2, 0.25) is 0 Å². The summed E-state index contributed by atoms with van der Waals surface area (Å²) in [4.78, 5) is 30.1. The van der Waals surface area contributed by atoms with Crippen molar-refractivity contribution in [3.8, 4) is 0 Å². The van der Waals surface area contributed by atoms with Crippen LogP contribution in [-0.2, 0) is 9.59 Å². The highest BCUT2D eigenvalue weighted by atomic mass is 16.2. The van der Waals surface area contributed by atoms with Gasteiger partial charge >= 0.3 is 0 Å². The minimum Gasteiger partial charge on any atom is -0.369 e. The molecule has 124 valence electrons. The van der Waals surface area contributed by atoms with E-state index in [4.69, 9.17) is 5.73 Å². The number of rotatable bonds is 3. The number of nitrogens with two attached hydrogens (primary N) is 1. The average Bonchev–Trinajstić information content (AvgIpc) is 2.59. The summed E-state index contributed by atoms with van der Waals surface area (Å²) < 4.78 is 0. The molecule has 1 saturated heterocycles. The zero-order valence-corrected chi connectivity index (χ0v) is 13.7. The smallest absolute Gasteiger partial charge is 0.246 e. The van der Waals surface area contributed by atoms with Crippen LogP contribution < -0.4 is 5.73 Å². The molecule has 5 heteroatoms. The molecule has 0 unspecified atom stereocenters. The molecule has 5 nitrogen and oxygen atoms in total. The molecule has 24 heavy (non-hydrogen) atoms. The Bertz CT molecular complexity index is 795. The summed E-state index contributed by atoms with van der Waals surface area (Å²) in [5.41, 5.74) is 7.17. The molecule has 0 spiro atoms. The van der Waals surface area contributed by atoms with E-state index in [0.717, 1.165) is 29.3 Å². The van der Waals surface area contributed by atoms with E-state index >= 15 is 0 Å². The van der Waals surface area contributed by atoms with Crippen molar-refractivity contribution in [2.24, 2.45) is 11.7 Å². The Morgan fingerprint density at radius 3 is 2.83 bits per heavy atom. The fourth-order valence-electron chi connectivity index (χ4n) is 3.17. The number of fused-ring (bicyclic) bond motifs is 1. The fourth-order valence-corrected chi connectivity index (χ4v) is 3.17. The van der Waals surface area contributed by atoms with Gasteiger partial charge in [-0.15, -0.1) is 0 Å². The Balaban J connectivity index is 1.80. The molecule has 2 N–H and O–H groups in total. The van der Waals surface area contributed by atoms with Crippen LogP contribution in [0.1, 0.15) is 25.3 Å². The lowest BCUT2D eigenvalue weighted by Gasteiger charge is -2.36. The summed E-state index contributed by atoms with van der Waals surface area (Å²) in [6.07, 6.45) is 6.63. The first-order valence-corrected chi connectivity index (χ1v) is 8.18. The summed E-state index contributed by atoms with van der Waals surface area (Å²) in [6, 6.07) is 9.87. The van der Waals surface area contributed by atoms with Crippen molar-refractivity contribution in [2.75, 3.05) is 6.54 Å². The number of benzene rings is 1. The van der Waals surface area contributed by atoms with Gasteiger partial charge in [-0.2, -0.15) is 0 Å². The number of carbonyl (C=O) groups excluding carboxylic acids is 2. The predicted molar refractivity (Wildman–Crippen MR) is 93.9 cm³/mol. The Kier molecular flexibility index (Phi) is 4.60. The molecule has 1 aliphatic rings. The van der Waals surface area contributed by atoms with Crippen LogP contribution in [0.4, 0.5) is 0 Å². The second-order valence-corrected chi connectivity index (χ2v) is 6.27. The Hall–Kier alpha value is -2.69. The first-order valence-electron chi connectivity index (χ1n) is 8.18. The average molecular weight is 323 g/mol. The number of carbonyl (C=O) groups is 2. The molecule has 0 saturated carbocycles. The number of pyridine rings is 1. The van der Waals surface area contributed by atoms with E-state index in [-0.39, 0.29) is 23.8 Å². The third-order valence-corrected chi connectivity index (χ3v) is 4.64. The van der Waals surface area contributed by atoms with E-state index < -0.39 is 0 Å². The van der Waals surface area contributed by atoms with E-state index in [1.54, 1.807) is 23.2 Å². The van der Waals surface area contributed by atoms with Crippen LogP contribution in [0, 0.1) is 5.92 Å². The fraction of sp³-hybridized carbons (Fsp3) is 0.316. The Labute approximate surface area is 141 Å². The molecule has 2 heterocycles. The van der Waals surface area contributed by atoms with Crippen LogP contribution in [0.15, 0.2) is 42.6 Å². The van der Waals surface area contributed by atoms with Gasteiger partial charge in [0.1, 0.15) is 0 Å². The van der Waals surface area contributed by atoms with Crippen LogP contribution in [0.25, 0.3) is 17.0 Å². The molecule has 3 rings (SSSR count). The maximum absolute atomic E-state index is 12.6. The summed E-state index contributed by atoms with van der Waals surface area (Å²) >= 11 is 0. The molecule has 1 aromatic carbocycles. The number of aromatic nitrogens is 1. The normalized spacial score (nSPS) is 21.3. The second kappa shape index (κ2) is 6.83. The molecular formula is C19H21N3O2. The minimum absolute atomic E-state index is 0.0959. The summed E-state index contributed by atoms with van der Waals surface area (Å²) in [5.74, 6) is -0.680. The topological polar surface area (TPSA) is 76.3 Å².